The Morgan fingerprint density at radius 3 is 3.00 bits per heavy atom. The third-order valence-electron chi connectivity index (χ3n) is 3.88. The zero-order valence-electron chi connectivity index (χ0n) is 11.1. The Morgan fingerprint density at radius 1 is 1.32 bits per heavy atom. The Kier molecular flexibility index (Phi) is 3.11. The molecule has 3 rings (SSSR count). The predicted octanol–water partition coefficient (Wildman–Crippen LogP) is 2.45. The Labute approximate surface area is 113 Å². The second-order valence-electron chi connectivity index (χ2n) is 5.15. The zero-order chi connectivity index (χ0) is 13.2. The SMILES string of the molecule is Cc1ccccc1CC(=O)N1CCc2[nH]ccc2C1. The van der Waals surface area contributed by atoms with Gasteiger partial charge in [0.1, 0.15) is 0 Å². The summed E-state index contributed by atoms with van der Waals surface area (Å²) in [5, 5.41) is 0. The van der Waals surface area contributed by atoms with E-state index in [-0.39, 0.29) is 5.91 Å². The van der Waals surface area contributed by atoms with Crippen molar-refractivity contribution >= 4 is 5.91 Å². The number of hydrogen-bond acceptors (Lipinski definition) is 1. The molecule has 0 unspecified atom stereocenters. The van der Waals surface area contributed by atoms with Gasteiger partial charge < -0.3 is 9.88 Å². The van der Waals surface area contributed by atoms with Crippen LogP contribution in [0.25, 0.3) is 0 Å². The summed E-state index contributed by atoms with van der Waals surface area (Å²) < 4.78 is 0. The minimum atomic E-state index is 0.223. The lowest BCUT2D eigenvalue weighted by atomic mass is 10.0. The van der Waals surface area contributed by atoms with Crippen molar-refractivity contribution in [1.82, 2.24) is 9.88 Å². The standard InChI is InChI=1S/C16H18N2O/c1-12-4-2-3-5-13(12)10-16(19)18-9-7-15-14(11-18)6-8-17-15/h2-6,8,17H,7,9-11H2,1H3. The fourth-order valence-electron chi connectivity index (χ4n) is 2.64. The number of aromatic nitrogens is 1. The van der Waals surface area contributed by atoms with E-state index in [1.54, 1.807) is 0 Å². The third kappa shape index (κ3) is 2.41. The fourth-order valence-corrected chi connectivity index (χ4v) is 2.64. The minimum absolute atomic E-state index is 0.223. The van der Waals surface area contributed by atoms with Crippen molar-refractivity contribution in [2.24, 2.45) is 0 Å². The predicted molar refractivity (Wildman–Crippen MR) is 74.8 cm³/mol. The number of benzene rings is 1. The maximum Gasteiger partial charge on any atom is 0.227 e. The molecule has 0 bridgehead atoms. The molecule has 1 amide bonds. The van der Waals surface area contributed by atoms with Crippen LogP contribution >= 0.6 is 0 Å². The zero-order valence-corrected chi connectivity index (χ0v) is 11.1. The van der Waals surface area contributed by atoms with Crippen molar-refractivity contribution in [3.05, 3.63) is 58.9 Å². The average molecular weight is 254 g/mol. The Morgan fingerprint density at radius 2 is 2.16 bits per heavy atom. The molecule has 98 valence electrons. The lowest BCUT2D eigenvalue weighted by Crippen LogP contribution is -2.36. The molecule has 1 aliphatic heterocycles. The van der Waals surface area contributed by atoms with E-state index in [4.69, 9.17) is 0 Å². The van der Waals surface area contributed by atoms with E-state index in [9.17, 15) is 4.79 Å². The van der Waals surface area contributed by atoms with Gasteiger partial charge in [0.15, 0.2) is 0 Å². The van der Waals surface area contributed by atoms with Gasteiger partial charge in [-0.2, -0.15) is 0 Å². The molecule has 0 saturated carbocycles. The maximum absolute atomic E-state index is 12.4. The molecule has 0 saturated heterocycles. The van der Waals surface area contributed by atoms with E-state index in [0.29, 0.717) is 6.42 Å². The van der Waals surface area contributed by atoms with Gasteiger partial charge in [-0.15, -0.1) is 0 Å². The van der Waals surface area contributed by atoms with Gasteiger partial charge in [0.2, 0.25) is 5.91 Å². The second-order valence-corrected chi connectivity index (χ2v) is 5.15. The van der Waals surface area contributed by atoms with Crippen molar-refractivity contribution in [3.63, 3.8) is 0 Å². The van der Waals surface area contributed by atoms with Crippen LogP contribution in [0.3, 0.4) is 0 Å². The van der Waals surface area contributed by atoms with Crippen LogP contribution in [-0.4, -0.2) is 22.3 Å². The summed E-state index contributed by atoms with van der Waals surface area (Å²) in [6, 6.07) is 10.2. The fraction of sp³-hybridized carbons (Fsp3) is 0.312. The highest BCUT2D eigenvalue weighted by atomic mass is 16.2. The quantitative estimate of drug-likeness (QED) is 0.878. The highest BCUT2D eigenvalue weighted by Crippen LogP contribution is 2.18. The van der Waals surface area contributed by atoms with Crippen molar-refractivity contribution in [3.8, 4) is 0 Å². The van der Waals surface area contributed by atoms with Crippen molar-refractivity contribution in [2.45, 2.75) is 26.3 Å². The molecule has 1 aliphatic rings. The number of carbonyl (C=O) groups excluding carboxylic acids is 1. The number of aryl methyl sites for hydroxylation is 1. The van der Waals surface area contributed by atoms with Gasteiger partial charge in [-0.25, -0.2) is 0 Å². The molecule has 1 N–H and O–H groups in total. The molecule has 19 heavy (non-hydrogen) atoms. The van der Waals surface area contributed by atoms with E-state index in [1.807, 2.05) is 29.3 Å². The summed E-state index contributed by atoms with van der Waals surface area (Å²) in [5.74, 6) is 0.223. The highest BCUT2D eigenvalue weighted by molar-refractivity contribution is 5.79. The van der Waals surface area contributed by atoms with Gasteiger partial charge in [-0.05, 0) is 29.7 Å². The highest BCUT2D eigenvalue weighted by Gasteiger charge is 2.21. The molecule has 2 aromatic rings. The summed E-state index contributed by atoms with van der Waals surface area (Å²) in [6.07, 6.45) is 3.40. The Balaban J connectivity index is 1.71. The summed E-state index contributed by atoms with van der Waals surface area (Å²) in [4.78, 5) is 17.6. The molecule has 3 nitrogen and oxygen atoms in total. The van der Waals surface area contributed by atoms with Crippen molar-refractivity contribution in [2.75, 3.05) is 6.54 Å². The lowest BCUT2D eigenvalue weighted by molar-refractivity contribution is -0.131. The number of nitrogens with one attached hydrogen (secondary N) is 1. The lowest BCUT2D eigenvalue weighted by Gasteiger charge is -2.27. The second kappa shape index (κ2) is 4.92. The van der Waals surface area contributed by atoms with Crippen LogP contribution in [-0.2, 0) is 24.2 Å². The normalized spacial score (nSPS) is 14.3. The van der Waals surface area contributed by atoms with Gasteiger partial charge in [0.25, 0.3) is 0 Å². The van der Waals surface area contributed by atoms with E-state index < -0.39 is 0 Å². The number of hydrogen-bond donors (Lipinski definition) is 1. The molecule has 0 spiro atoms. The number of H-pyrrole nitrogens is 1. The molecule has 0 radical (unpaired) electrons. The molecule has 0 fully saturated rings. The third-order valence-corrected chi connectivity index (χ3v) is 3.88. The summed E-state index contributed by atoms with van der Waals surface area (Å²) in [6.45, 7) is 3.62. The molecule has 0 aliphatic carbocycles. The van der Waals surface area contributed by atoms with Crippen LogP contribution in [0.2, 0.25) is 0 Å². The van der Waals surface area contributed by atoms with Gasteiger partial charge in [-0.3, -0.25) is 4.79 Å². The van der Waals surface area contributed by atoms with E-state index in [0.717, 1.165) is 25.1 Å². The van der Waals surface area contributed by atoms with Crippen LogP contribution in [0.1, 0.15) is 22.4 Å². The van der Waals surface area contributed by atoms with E-state index >= 15 is 0 Å². The van der Waals surface area contributed by atoms with E-state index in [1.165, 1.54) is 16.8 Å². The number of rotatable bonds is 2. The largest absolute Gasteiger partial charge is 0.365 e. The molecular weight excluding hydrogens is 236 g/mol. The monoisotopic (exact) mass is 254 g/mol. The number of fused-ring (bicyclic) bond motifs is 1. The van der Waals surface area contributed by atoms with Gasteiger partial charge >= 0.3 is 0 Å². The minimum Gasteiger partial charge on any atom is -0.365 e. The molecular formula is C16H18N2O. The topological polar surface area (TPSA) is 36.1 Å². The molecule has 2 heterocycles. The Bertz CT molecular complexity index is 600. The number of amides is 1. The smallest absolute Gasteiger partial charge is 0.227 e. The molecule has 3 heteroatoms. The first kappa shape index (κ1) is 12.0. The maximum atomic E-state index is 12.4. The van der Waals surface area contributed by atoms with Crippen molar-refractivity contribution in [1.29, 1.82) is 0 Å². The van der Waals surface area contributed by atoms with Crippen LogP contribution in [0.5, 0.6) is 0 Å². The Hall–Kier alpha value is -2.03. The van der Waals surface area contributed by atoms with Gasteiger partial charge in [-0.1, -0.05) is 24.3 Å². The first-order valence-electron chi connectivity index (χ1n) is 6.71. The summed E-state index contributed by atoms with van der Waals surface area (Å²) in [5.41, 5.74) is 4.85. The van der Waals surface area contributed by atoms with Gasteiger partial charge in [0.05, 0.1) is 6.42 Å². The molecule has 1 aromatic heterocycles. The first-order chi connectivity index (χ1) is 9.24. The van der Waals surface area contributed by atoms with Crippen LogP contribution in [0, 0.1) is 6.92 Å². The molecule has 0 atom stereocenters. The summed E-state index contributed by atoms with van der Waals surface area (Å²) >= 11 is 0. The number of aromatic amines is 1. The number of carbonyl (C=O) groups is 1. The van der Waals surface area contributed by atoms with Crippen LogP contribution in [0.4, 0.5) is 0 Å². The van der Waals surface area contributed by atoms with Crippen LogP contribution in [0.15, 0.2) is 36.5 Å². The van der Waals surface area contributed by atoms with E-state index in [2.05, 4.69) is 24.0 Å². The average Bonchev–Trinajstić information content (AvgIpc) is 2.88. The summed E-state index contributed by atoms with van der Waals surface area (Å²) in [7, 11) is 0. The first-order valence-corrected chi connectivity index (χ1v) is 6.71. The van der Waals surface area contributed by atoms with Crippen molar-refractivity contribution < 1.29 is 4.79 Å². The van der Waals surface area contributed by atoms with Gasteiger partial charge in [0, 0.05) is 31.4 Å². The molecule has 1 aromatic carbocycles. The van der Waals surface area contributed by atoms with Crippen LogP contribution < -0.4 is 0 Å². The number of nitrogens with zero attached hydrogens (tertiary/aromatic N) is 1.